The highest BCUT2D eigenvalue weighted by Crippen LogP contribution is 2.46. The lowest BCUT2D eigenvalue weighted by molar-refractivity contribution is 0.292. The van der Waals surface area contributed by atoms with E-state index < -0.39 is 0 Å². The number of rotatable bonds is 0. The highest BCUT2D eigenvalue weighted by Gasteiger charge is 2.31. The zero-order chi connectivity index (χ0) is 16.6. The zero-order valence-corrected chi connectivity index (χ0v) is 14.0. The molecule has 23 heavy (non-hydrogen) atoms. The molecule has 0 unspecified atom stereocenters. The molecule has 1 aliphatic heterocycles. The molecule has 1 aromatic rings. The van der Waals surface area contributed by atoms with E-state index in [-0.39, 0.29) is 5.41 Å². The summed E-state index contributed by atoms with van der Waals surface area (Å²) >= 11 is 0. The van der Waals surface area contributed by atoms with Gasteiger partial charge in [0.1, 0.15) is 0 Å². The molecule has 2 aliphatic rings. The van der Waals surface area contributed by atoms with Gasteiger partial charge in [0, 0.05) is 11.0 Å². The maximum atomic E-state index is 6.11. The van der Waals surface area contributed by atoms with Gasteiger partial charge in [0.15, 0.2) is 23.0 Å². The van der Waals surface area contributed by atoms with E-state index in [1.54, 1.807) is 0 Å². The predicted octanol–water partition coefficient (Wildman–Crippen LogP) is 5.38. The van der Waals surface area contributed by atoms with Crippen molar-refractivity contribution in [3.63, 3.8) is 0 Å². The molecule has 0 radical (unpaired) electrons. The number of fused-ring (bicyclic) bond motifs is 3. The van der Waals surface area contributed by atoms with E-state index in [1.165, 1.54) is 5.56 Å². The first-order valence-corrected chi connectivity index (χ1v) is 7.85. The Balaban J connectivity index is 2.23. The number of ether oxygens (including phenoxy) is 2. The van der Waals surface area contributed by atoms with Crippen LogP contribution in [0.4, 0.5) is 0 Å². The van der Waals surface area contributed by atoms with Gasteiger partial charge in [-0.1, -0.05) is 57.4 Å². The molecule has 2 heteroatoms. The van der Waals surface area contributed by atoms with Crippen LogP contribution in [0.25, 0.3) is 0 Å². The van der Waals surface area contributed by atoms with Crippen molar-refractivity contribution >= 4 is 0 Å². The van der Waals surface area contributed by atoms with Gasteiger partial charge in [-0.15, -0.1) is 0 Å². The average Bonchev–Trinajstić information content (AvgIpc) is 2.57. The van der Waals surface area contributed by atoms with Crippen molar-refractivity contribution in [1.29, 1.82) is 0 Å². The first-order chi connectivity index (χ1) is 10.9. The first-order valence-electron chi connectivity index (χ1n) is 7.85. The Bertz CT molecular complexity index is 773. The fraction of sp³-hybridized carbons (Fsp3) is 0.238. The molecule has 0 atom stereocenters. The van der Waals surface area contributed by atoms with Gasteiger partial charge >= 0.3 is 0 Å². The van der Waals surface area contributed by atoms with Crippen LogP contribution in [0.1, 0.15) is 31.9 Å². The van der Waals surface area contributed by atoms with E-state index in [2.05, 4.69) is 51.3 Å². The molecule has 3 rings (SSSR count). The van der Waals surface area contributed by atoms with Crippen LogP contribution in [0.2, 0.25) is 0 Å². The van der Waals surface area contributed by atoms with Gasteiger partial charge in [0.05, 0.1) is 0 Å². The summed E-state index contributed by atoms with van der Waals surface area (Å²) in [5.74, 6) is 2.73. The molecular formula is C21H22O2. The van der Waals surface area contributed by atoms with Gasteiger partial charge in [0.2, 0.25) is 0 Å². The summed E-state index contributed by atoms with van der Waals surface area (Å²) in [7, 11) is 0. The minimum atomic E-state index is -0.180. The lowest BCUT2D eigenvalue weighted by atomic mass is 9.75. The van der Waals surface area contributed by atoms with Gasteiger partial charge in [-0.2, -0.15) is 0 Å². The van der Waals surface area contributed by atoms with Crippen LogP contribution in [-0.2, 0) is 11.8 Å². The molecule has 2 nitrogen and oxygen atoms in total. The second kappa shape index (κ2) is 5.62. The van der Waals surface area contributed by atoms with Crippen LogP contribution in [0, 0.1) is 0 Å². The molecular weight excluding hydrogens is 284 g/mol. The predicted molar refractivity (Wildman–Crippen MR) is 94.7 cm³/mol. The van der Waals surface area contributed by atoms with E-state index in [0.717, 1.165) is 29.1 Å². The van der Waals surface area contributed by atoms with Crippen LogP contribution in [-0.4, -0.2) is 0 Å². The third-order valence-electron chi connectivity index (χ3n) is 4.55. The lowest BCUT2D eigenvalue weighted by Crippen LogP contribution is -2.22. The molecule has 1 heterocycles. The fourth-order valence-electron chi connectivity index (χ4n) is 2.97. The fourth-order valence-corrected chi connectivity index (χ4v) is 2.97. The van der Waals surface area contributed by atoms with Crippen LogP contribution < -0.4 is 9.47 Å². The molecule has 0 N–H and O–H groups in total. The molecule has 0 spiro atoms. The minimum Gasteiger partial charge on any atom is -0.450 e. The van der Waals surface area contributed by atoms with Gasteiger partial charge in [-0.3, -0.25) is 0 Å². The van der Waals surface area contributed by atoms with Crippen LogP contribution in [0.15, 0.2) is 72.8 Å². The molecule has 0 aromatic heterocycles. The van der Waals surface area contributed by atoms with Crippen molar-refractivity contribution in [2.45, 2.75) is 32.6 Å². The Hall–Kier alpha value is -2.48. The Morgan fingerprint density at radius 2 is 1.91 bits per heavy atom. The summed E-state index contributed by atoms with van der Waals surface area (Å²) in [4.78, 5) is 0. The largest absolute Gasteiger partial charge is 0.450 e. The Morgan fingerprint density at radius 1 is 1.13 bits per heavy atom. The van der Waals surface area contributed by atoms with Crippen LogP contribution in [0.3, 0.4) is 0 Å². The van der Waals surface area contributed by atoms with Gasteiger partial charge in [-0.05, 0) is 36.6 Å². The highest BCUT2D eigenvalue weighted by molar-refractivity contribution is 5.59. The van der Waals surface area contributed by atoms with Crippen molar-refractivity contribution in [3.05, 3.63) is 83.9 Å². The molecule has 1 aliphatic carbocycles. The Kier molecular flexibility index (Phi) is 3.77. The van der Waals surface area contributed by atoms with Crippen molar-refractivity contribution in [1.82, 2.24) is 0 Å². The van der Waals surface area contributed by atoms with Gasteiger partial charge in [0.25, 0.3) is 0 Å². The van der Waals surface area contributed by atoms with E-state index in [4.69, 9.17) is 9.47 Å². The van der Waals surface area contributed by atoms with E-state index >= 15 is 0 Å². The second-order valence-corrected chi connectivity index (χ2v) is 6.34. The third-order valence-corrected chi connectivity index (χ3v) is 4.55. The van der Waals surface area contributed by atoms with Crippen molar-refractivity contribution in [2.75, 3.05) is 0 Å². The number of allylic oxidation sites excluding steroid dienone is 6. The lowest BCUT2D eigenvalue weighted by Gasteiger charge is -2.32. The first kappa shape index (κ1) is 15.4. The molecule has 0 amide bonds. The minimum absolute atomic E-state index is 0.180. The van der Waals surface area contributed by atoms with Crippen molar-refractivity contribution in [2.24, 2.45) is 0 Å². The molecule has 118 valence electrons. The van der Waals surface area contributed by atoms with E-state index in [9.17, 15) is 0 Å². The van der Waals surface area contributed by atoms with E-state index in [0.29, 0.717) is 11.5 Å². The van der Waals surface area contributed by atoms with Crippen molar-refractivity contribution in [3.8, 4) is 11.5 Å². The summed E-state index contributed by atoms with van der Waals surface area (Å²) in [6, 6.07) is 4.08. The SMILES string of the molecule is C=C1Oc2ccc3c(c2O/C1=C\C)C/C=C\C=C/C(=C)C3(C)C. The topological polar surface area (TPSA) is 18.5 Å². The smallest absolute Gasteiger partial charge is 0.173 e. The number of hydrogen-bond acceptors (Lipinski definition) is 2. The molecule has 0 saturated carbocycles. The summed E-state index contributed by atoms with van der Waals surface area (Å²) in [6.07, 6.45) is 11.0. The second-order valence-electron chi connectivity index (χ2n) is 6.34. The normalized spacial score (nSPS) is 23.5. The average molecular weight is 306 g/mol. The summed E-state index contributed by atoms with van der Waals surface area (Å²) in [6.45, 7) is 14.5. The Morgan fingerprint density at radius 3 is 2.65 bits per heavy atom. The maximum absolute atomic E-state index is 6.11. The zero-order valence-electron chi connectivity index (χ0n) is 14.0. The molecule has 0 bridgehead atoms. The van der Waals surface area contributed by atoms with Crippen LogP contribution in [0.5, 0.6) is 11.5 Å². The number of hydrogen-bond donors (Lipinski definition) is 0. The monoisotopic (exact) mass is 306 g/mol. The van der Waals surface area contributed by atoms with E-state index in [1.807, 2.05) is 25.1 Å². The van der Waals surface area contributed by atoms with Crippen molar-refractivity contribution < 1.29 is 9.47 Å². The van der Waals surface area contributed by atoms with Gasteiger partial charge < -0.3 is 9.47 Å². The maximum Gasteiger partial charge on any atom is 0.173 e. The summed E-state index contributed by atoms with van der Waals surface area (Å²) in [5, 5.41) is 0. The third kappa shape index (κ3) is 2.55. The number of benzene rings is 1. The quantitative estimate of drug-likeness (QED) is 0.641. The standard InChI is InChI=1S/C21H22O2/c1-6-18-15(3)22-19-13-12-17-16(20(19)23-18)11-9-7-8-10-14(2)21(17,4)5/h6-10,12-13H,2-3,11H2,1,4-5H3/b9-7-,10-8-,18-6-. The molecule has 0 saturated heterocycles. The summed E-state index contributed by atoms with van der Waals surface area (Å²) in [5.41, 5.74) is 3.24. The molecule has 1 aromatic carbocycles. The molecule has 0 fully saturated rings. The highest BCUT2D eigenvalue weighted by atomic mass is 16.6. The Labute approximate surface area is 138 Å². The van der Waals surface area contributed by atoms with Gasteiger partial charge in [-0.25, -0.2) is 0 Å². The van der Waals surface area contributed by atoms with Crippen LogP contribution >= 0.6 is 0 Å². The summed E-state index contributed by atoms with van der Waals surface area (Å²) < 4.78 is 12.0.